The summed E-state index contributed by atoms with van der Waals surface area (Å²) in [5.74, 6) is 0.733. The number of hydrogen-bond donors (Lipinski definition) is 1. The van der Waals surface area contributed by atoms with Crippen LogP contribution in [-0.4, -0.2) is 16.0 Å². The van der Waals surface area contributed by atoms with E-state index in [4.69, 9.17) is 4.52 Å². The van der Waals surface area contributed by atoms with Gasteiger partial charge in [-0.2, -0.15) is 0 Å². The number of carbonyl (C=O) groups excluding carboxylic acids is 1. The summed E-state index contributed by atoms with van der Waals surface area (Å²) in [6.07, 6.45) is 6.88. The third kappa shape index (κ3) is 3.91. The molecule has 0 saturated heterocycles. The molecule has 5 nitrogen and oxygen atoms in total. The van der Waals surface area contributed by atoms with Crippen LogP contribution >= 0.6 is 0 Å². The molecular formula is C14H17N3O2. The quantitative estimate of drug-likeness (QED) is 0.864. The molecule has 19 heavy (non-hydrogen) atoms. The van der Waals surface area contributed by atoms with Crippen LogP contribution in [0.5, 0.6) is 0 Å². The number of rotatable bonds is 6. The van der Waals surface area contributed by atoms with Gasteiger partial charge in [-0.1, -0.05) is 18.1 Å². The van der Waals surface area contributed by atoms with E-state index in [2.05, 4.69) is 15.5 Å². The zero-order chi connectivity index (χ0) is 13.5. The maximum atomic E-state index is 11.9. The van der Waals surface area contributed by atoms with Gasteiger partial charge < -0.3 is 9.84 Å². The van der Waals surface area contributed by atoms with Crippen LogP contribution in [0.4, 0.5) is 0 Å². The predicted molar refractivity (Wildman–Crippen MR) is 70.2 cm³/mol. The Kier molecular flexibility index (Phi) is 4.66. The Morgan fingerprint density at radius 1 is 1.42 bits per heavy atom. The summed E-state index contributed by atoms with van der Waals surface area (Å²) >= 11 is 0. The first-order valence-electron chi connectivity index (χ1n) is 6.38. The molecule has 0 unspecified atom stereocenters. The maximum Gasteiger partial charge on any atom is 0.220 e. The van der Waals surface area contributed by atoms with Crippen molar-refractivity contribution in [2.45, 2.75) is 32.2 Å². The van der Waals surface area contributed by atoms with Gasteiger partial charge in [0.2, 0.25) is 5.91 Å². The molecule has 0 aliphatic rings. The minimum absolute atomic E-state index is 0.00658. The Bertz CT molecular complexity index is 497. The normalized spacial score (nSPS) is 12.1. The van der Waals surface area contributed by atoms with Crippen molar-refractivity contribution in [3.63, 3.8) is 0 Å². The fraction of sp³-hybridized carbons (Fsp3) is 0.357. The second-order valence-corrected chi connectivity index (χ2v) is 4.29. The lowest BCUT2D eigenvalue weighted by Crippen LogP contribution is -2.28. The lowest BCUT2D eigenvalue weighted by atomic mass is 10.1. The number of nitrogens with one attached hydrogen (secondary N) is 1. The van der Waals surface area contributed by atoms with Crippen LogP contribution in [0, 0.1) is 0 Å². The Labute approximate surface area is 112 Å². The smallest absolute Gasteiger partial charge is 0.220 e. The van der Waals surface area contributed by atoms with Crippen molar-refractivity contribution in [2.75, 3.05) is 0 Å². The largest absolute Gasteiger partial charge is 0.361 e. The summed E-state index contributed by atoms with van der Waals surface area (Å²) in [6.45, 7) is 2.04. The molecule has 0 fully saturated rings. The van der Waals surface area contributed by atoms with Gasteiger partial charge in [0.1, 0.15) is 5.76 Å². The van der Waals surface area contributed by atoms with Crippen molar-refractivity contribution < 1.29 is 9.32 Å². The van der Waals surface area contributed by atoms with E-state index in [9.17, 15) is 4.79 Å². The van der Waals surface area contributed by atoms with E-state index in [1.807, 2.05) is 19.1 Å². The van der Waals surface area contributed by atoms with E-state index in [0.29, 0.717) is 12.8 Å². The zero-order valence-corrected chi connectivity index (χ0v) is 10.9. The van der Waals surface area contributed by atoms with Crippen molar-refractivity contribution in [3.8, 4) is 0 Å². The average Bonchev–Trinajstić information content (AvgIpc) is 2.97. The number of aromatic nitrogens is 2. The summed E-state index contributed by atoms with van der Waals surface area (Å²) in [5.41, 5.74) is 1.03. The average molecular weight is 259 g/mol. The lowest BCUT2D eigenvalue weighted by Gasteiger charge is -2.16. The van der Waals surface area contributed by atoms with Gasteiger partial charge in [0.25, 0.3) is 0 Å². The van der Waals surface area contributed by atoms with Crippen molar-refractivity contribution in [1.82, 2.24) is 15.5 Å². The topological polar surface area (TPSA) is 68.0 Å². The second kappa shape index (κ2) is 6.68. The van der Waals surface area contributed by atoms with E-state index in [1.54, 1.807) is 24.7 Å². The molecule has 1 atom stereocenters. The van der Waals surface area contributed by atoms with Crippen LogP contribution in [0.1, 0.15) is 37.1 Å². The fourth-order valence-electron chi connectivity index (χ4n) is 1.88. The Hall–Kier alpha value is -2.17. The van der Waals surface area contributed by atoms with Crippen LogP contribution in [0.2, 0.25) is 0 Å². The molecule has 5 heteroatoms. The standard InChI is InChI=1S/C14H17N3O2/c1-2-13(11-4-3-8-15-10-11)17-14(18)6-5-12-7-9-16-19-12/h3-4,7-10,13H,2,5-6H2,1H3,(H,17,18)/t13-/m0/s1. The van der Waals surface area contributed by atoms with Crippen LogP contribution in [-0.2, 0) is 11.2 Å². The molecule has 0 spiro atoms. The molecule has 0 bridgehead atoms. The van der Waals surface area contributed by atoms with Gasteiger partial charge in [-0.15, -0.1) is 0 Å². The highest BCUT2D eigenvalue weighted by molar-refractivity contribution is 5.76. The zero-order valence-electron chi connectivity index (χ0n) is 10.9. The first-order chi connectivity index (χ1) is 9.29. The first-order valence-corrected chi connectivity index (χ1v) is 6.38. The first kappa shape index (κ1) is 13.3. The summed E-state index contributed by atoms with van der Waals surface area (Å²) in [4.78, 5) is 16.0. The number of pyridine rings is 1. The minimum Gasteiger partial charge on any atom is -0.361 e. The molecule has 0 aliphatic heterocycles. The third-order valence-electron chi connectivity index (χ3n) is 2.92. The minimum atomic E-state index is 0.00658. The molecule has 2 aromatic rings. The van der Waals surface area contributed by atoms with E-state index in [1.165, 1.54) is 0 Å². The monoisotopic (exact) mass is 259 g/mol. The van der Waals surface area contributed by atoms with Crippen LogP contribution in [0.25, 0.3) is 0 Å². The SMILES string of the molecule is CC[C@H](NC(=O)CCc1ccno1)c1cccnc1. The molecule has 0 aromatic carbocycles. The van der Waals surface area contributed by atoms with Gasteiger partial charge in [-0.05, 0) is 18.1 Å². The summed E-state index contributed by atoms with van der Waals surface area (Å²) in [7, 11) is 0. The third-order valence-corrected chi connectivity index (χ3v) is 2.92. The molecular weight excluding hydrogens is 242 g/mol. The summed E-state index contributed by atoms with van der Waals surface area (Å²) in [5, 5.41) is 6.61. The molecule has 100 valence electrons. The van der Waals surface area contributed by atoms with Gasteiger partial charge in [-0.25, -0.2) is 0 Å². The van der Waals surface area contributed by atoms with Gasteiger partial charge in [0.05, 0.1) is 12.2 Å². The van der Waals surface area contributed by atoms with Gasteiger partial charge in [0.15, 0.2) is 0 Å². The van der Waals surface area contributed by atoms with E-state index < -0.39 is 0 Å². The maximum absolute atomic E-state index is 11.9. The predicted octanol–water partition coefficient (Wildman–Crippen LogP) is 2.27. The van der Waals surface area contributed by atoms with Crippen molar-refractivity contribution in [3.05, 3.63) is 48.1 Å². The van der Waals surface area contributed by atoms with Crippen LogP contribution in [0.15, 0.2) is 41.3 Å². The number of nitrogens with zero attached hydrogens (tertiary/aromatic N) is 2. The molecule has 0 radical (unpaired) electrons. The van der Waals surface area contributed by atoms with Gasteiger partial charge in [0, 0.05) is 31.3 Å². The molecule has 0 aliphatic carbocycles. The van der Waals surface area contributed by atoms with Crippen molar-refractivity contribution >= 4 is 5.91 Å². The number of amides is 1. The molecule has 1 amide bonds. The molecule has 0 saturated carbocycles. The van der Waals surface area contributed by atoms with Gasteiger partial charge >= 0.3 is 0 Å². The van der Waals surface area contributed by atoms with Crippen LogP contribution in [0.3, 0.4) is 0 Å². The second-order valence-electron chi connectivity index (χ2n) is 4.29. The van der Waals surface area contributed by atoms with E-state index in [0.717, 1.165) is 17.7 Å². The van der Waals surface area contributed by atoms with Gasteiger partial charge in [-0.3, -0.25) is 9.78 Å². The number of hydrogen-bond acceptors (Lipinski definition) is 4. The molecule has 2 heterocycles. The highest BCUT2D eigenvalue weighted by Crippen LogP contribution is 2.15. The Morgan fingerprint density at radius 3 is 2.95 bits per heavy atom. The van der Waals surface area contributed by atoms with E-state index in [-0.39, 0.29) is 11.9 Å². The molecule has 2 aromatic heterocycles. The number of aryl methyl sites for hydroxylation is 1. The van der Waals surface area contributed by atoms with E-state index >= 15 is 0 Å². The van der Waals surface area contributed by atoms with Crippen LogP contribution < -0.4 is 5.32 Å². The Morgan fingerprint density at radius 2 is 2.32 bits per heavy atom. The fourth-order valence-corrected chi connectivity index (χ4v) is 1.88. The lowest BCUT2D eigenvalue weighted by molar-refractivity contribution is -0.121. The highest BCUT2D eigenvalue weighted by atomic mass is 16.5. The Balaban J connectivity index is 1.86. The highest BCUT2D eigenvalue weighted by Gasteiger charge is 2.13. The molecule has 1 N–H and O–H groups in total. The van der Waals surface area contributed by atoms with Crippen molar-refractivity contribution in [2.24, 2.45) is 0 Å². The van der Waals surface area contributed by atoms with Crippen molar-refractivity contribution in [1.29, 1.82) is 0 Å². The number of carbonyl (C=O) groups is 1. The summed E-state index contributed by atoms with van der Waals surface area (Å²) in [6, 6.07) is 5.62. The molecule has 2 rings (SSSR count). The summed E-state index contributed by atoms with van der Waals surface area (Å²) < 4.78 is 4.96.